The lowest BCUT2D eigenvalue weighted by molar-refractivity contribution is 0.236. The van der Waals surface area contributed by atoms with Crippen LogP contribution in [-0.2, 0) is 0 Å². The van der Waals surface area contributed by atoms with Crippen molar-refractivity contribution >= 4 is 7.28 Å². The lowest BCUT2D eigenvalue weighted by Crippen LogP contribution is -2.31. The normalized spacial score (nSPS) is 45.1. The van der Waals surface area contributed by atoms with Gasteiger partial charge in [0, 0.05) is 5.31 Å². The van der Waals surface area contributed by atoms with E-state index >= 15 is 0 Å². The Balaban J connectivity index is 3.12. The van der Waals surface area contributed by atoms with Crippen molar-refractivity contribution in [3.05, 3.63) is 0 Å². The molecule has 0 aliphatic heterocycles. The molecule has 0 aromatic rings. The van der Waals surface area contributed by atoms with Crippen LogP contribution in [0.15, 0.2) is 0 Å². The molecule has 0 aromatic carbocycles. The molecule has 0 heterocycles. The first-order chi connectivity index (χ1) is 6.91. The lowest BCUT2D eigenvalue weighted by atomic mass is 9.44. The highest BCUT2D eigenvalue weighted by Gasteiger charge is 2.57. The molecule has 1 fully saturated rings. The standard InChI is InChI=1S/C13H24BN/c1-6-11(3)8-12(4,7-2)13(9-11,10-15)14-5/h14H,6-9H2,1-5H3. The van der Waals surface area contributed by atoms with Gasteiger partial charge >= 0.3 is 0 Å². The molecule has 0 radical (unpaired) electrons. The number of rotatable bonds is 3. The summed E-state index contributed by atoms with van der Waals surface area (Å²) in [6.45, 7) is 11.4. The summed E-state index contributed by atoms with van der Waals surface area (Å²) in [7, 11) is 1.00. The molecule has 84 valence electrons. The average Bonchev–Trinajstić information content (AvgIpc) is 2.49. The number of nitrogens with zero attached hydrogens (tertiary/aromatic N) is 1. The number of hydrogen-bond acceptors (Lipinski definition) is 1. The van der Waals surface area contributed by atoms with Crippen molar-refractivity contribution in [3.8, 4) is 6.07 Å². The summed E-state index contributed by atoms with van der Waals surface area (Å²) < 4.78 is 0. The molecule has 1 aliphatic rings. The third-order valence-corrected chi connectivity index (χ3v) is 5.15. The molecular weight excluding hydrogens is 181 g/mol. The van der Waals surface area contributed by atoms with Crippen molar-refractivity contribution in [2.45, 2.75) is 65.5 Å². The largest absolute Gasteiger partial charge is 0.199 e. The van der Waals surface area contributed by atoms with Crippen LogP contribution >= 0.6 is 0 Å². The Morgan fingerprint density at radius 3 is 2.07 bits per heavy atom. The molecule has 1 saturated carbocycles. The highest BCUT2D eigenvalue weighted by molar-refractivity contribution is 6.40. The monoisotopic (exact) mass is 205 g/mol. The van der Waals surface area contributed by atoms with Crippen molar-refractivity contribution in [2.75, 3.05) is 0 Å². The molecule has 1 nitrogen and oxygen atoms in total. The highest BCUT2D eigenvalue weighted by Crippen LogP contribution is 2.66. The van der Waals surface area contributed by atoms with E-state index in [-0.39, 0.29) is 10.7 Å². The zero-order valence-corrected chi connectivity index (χ0v) is 11.0. The zero-order chi connectivity index (χ0) is 11.7. The van der Waals surface area contributed by atoms with Gasteiger partial charge in [-0.05, 0) is 30.1 Å². The van der Waals surface area contributed by atoms with Crippen LogP contribution in [0.5, 0.6) is 0 Å². The van der Waals surface area contributed by atoms with E-state index in [1.54, 1.807) is 0 Å². The van der Waals surface area contributed by atoms with E-state index in [0.717, 1.165) is 20.1 Å². The molecule has 1 aliphatic carbocycles. The maximum atomic E-state index is 9.56. The highest BCUT2D eigenvalue weighted by atomic mass is 14.6. The van der Waals surface area contributed by atoms with E-state index < -0.39 is 0 Å². The van der Waals surface area contributed by atoms with Crippen molar-refractivity contribution in [1.82, 2.24) is 0 Å². The molecule has 0 amide bonds. The molecule has 0 saturated heterocycles. The summed E-state index contributed by atoms with van der Waals surface area (Å²) in [6.07, 6.45) is 4.64. The van der Waals surface area contributed by atoms with Gasteiger partial charge in [0.2, 0.25) is 0 Å². The maximum Gasteiger partial charge on any atom is 0.144 e. The van der Waals surface area contributed by atoms with Crippen molar-refractivity contribution < 1.29 is 0 Å². The van der Waals surface area contributed by atoms with E-state index in [0.29, 0.717) is 5.41 Å². The molecule has 0 aromatic heterocycles. The Bertz CT molecular complexity index is 283. The van der Waals surface area contributed by atoms with Gasteiger partial charge in [0.15, 0.2) is 0 Å². The smallest absolute Gasteiger partial charge is 0.144 e. The summed E-state index contributed by atoms with van der Waals surface area (Å²) in [5.74, 6) is 0. The Labute approximate surface area is 95.5 Å². The van der Waals surface area contributed by atoms with Gasteiger partial charge in [-0.3, -0.25) is 0 Å². The van der Waals surface area contributed by atoms with Gasteiger partial charge < -0.3 is 0 Å². The fraction of sp³-hybridized carbons (Fsp3) is 0.923. The van der Waals surface area contributed by atoms with Crippen LogP contribution in [0.25, 0.3) is 0 Å². The Morgan fingerprint density at radius 1 is 1.20 bits per heavy atom. The Hall–Kier alpha value is -0.445. The number of nitriles is 1. The van der Waals surface area contributed by atoms with Crippen molar-refractivity contribution in [1.29, 1.82) is 5.26 Å². The average molecular weight is 205 g/mol. The Morgan fingerprint density at radius 2 is 1.80 bits per heavy atom. The molecule has 1 rings (SSSR count). The first kappa shape index (κ1) is 12.6. The zero-order valence-electron chi connectivity index (χ0n) is 11.0. The van der Waals surface area contributed by atoms with Crippen LogP contribution in [0.4, 0.5) is 0 Å². The van der Waals surface area contributed by atoms with Gasteiger partial charge in [-0.2, -0.15) is 5.26 Å². The van der Waals surface area contributed by atoms with E-state index in [9.17, 15) is 5.26 Å². The third kappa shape index (κ3) is 1.71. The molecule has 2 heteroatoms. The quantitative estimate of drug-likeness (QED) is 0.643. The van der Waals surface area contributed by atoms with Crippen molar-refractivity contribution in [2.24, 2.45) is 10.8 Å². The van der Waals surface area contributed by atoms with Gasteiger partial charge in [0.1, 0.15) is 7.28 Å². The van der Waals surface area contributed by atoms with E-state index in [1.807, 2.05) is 0 Å². The fourth-order valence-corrected chi connectivity index (χ4v) is 3.63. The summed E-state index contributed by atoms with van der Waals surface area (Å²) >= 11 is 0. The van der Waals surface area contributed by atoms with Crippen LogP contribution in [0.3, 0.4) is 0 Å². The summed E-state index contributed by atoms with van der Waals surface area (Å²) in [6, 6.07) is 2.66. The minimum atomic E-state index is -0.0769. The topological polar surface area (TPSA) is 23.8 Å². The van der Waals surface area contributed by atoms with E-state index in [1.165, 1.54) is 12.8 Å². The molecular formula is C13H24BN. The van der Waals surface area contributed by atoms with Crippen LogP contribution in [0.2, 0.25) is 12.1 Å². The fourth-order valence-electron chi connectivity index (χ4n) is 3.63. The summed E-state index contributed by atoms with van der Waals surface area (Å²) in [5, 5.41) is 9.48. The molecule has 3 unspecified atom stereocenters. The van der Waals surface area contributed by atoms with Crippen LogP contribution in [0.1, 0.15) is 53.4 Å². The first-order valence-corrected chi connectivity index (χ1v) is 6.32. The van der Waals surface area contributed by atoms with Crippen LogP contribution in [0, 0.1) is 22.2 Å². The second-order valence-corrected chi connectivity index (χ2v) is 5.98. The third-order valence-electron chi connectivity index (χ3n) is 5.15. The predicted octanol–water partition coefficient (Wildman–Crippen LogP) is 3.78. The van der Waals surface area contributed by atoms with Gasteiger partial charge in [-0.25, -0.2) is 0 Å². The Kier molecular flexibility index (Phi) is 3.24. The molecule has 15 heavy (non-hydrogen) atoms. The predicted molar refractivity (Wildman–Crippen MR) is 67.3 cm³/mol. The second-order valence-electron chi connectivity index (χ2n) is 5.98. The van der Waals surface area contributed by atoms with Gasteiger partial charge in [0.25, 0.3) is 0 Å². The molecule has 3 atom stereocenters. The molecule has 0 bridgehead atoms. The van der Waals surface area contributed by atoms with Crippen LogP contribution in [-0.4, -0.2) is 7.28 Å². The van der Waals surface area contributed by atoms with Gasteiger partial charge in [0.05, 0.1) is 6.07 Å². The van der Waals surface area contributed by atoms with Crippen molar-refractivity contribution in [3.63, 3.8) is 0 Å². The summed E-state index contributed by atoms with van der Waals surface area (Å²) in [5.41, 5.74) is 0.609. The minimum Gasteiger partial charge on any atom is -0.199 e. The molecule has 0 N–H and O–H groups in total. The van der Waals surface area contributed by atoms with E-state index in [4.69, 9.17) is 0 Å². The van der Waals surface area contributed by atoms with Gasteiger partial charge in [-0.15, -0.1) is 0 Å². The molecule has 0 spiro atoms. The SMILES string of the molecule is CBC1(C#N)CC(C)(CC)CC1(C)CC. The number of hydrogen-bond donors (Lipinski definition) is 0. The second kappa shape index (κ2) is 3.85. The first-order valence-electron chi connectivity index (χ1n) is 6.32. The lowest BCUT2D eigenvalue weighted by Gasteiger charge is -2.37. The van der Waals surface area contributed by atoms with E-state index in [2.05, 4.69) is 40.6 Å². The van der Waals surface area contributed by atoms with Crippen LogP contribution < -0.4 is 0 Å². The minimum absolute atomic E-state index is 0.0769. The summed E-state index contributed by atoms with van der Waals surface area (Å²) in [4.78, 5) is 0. The maximum absolute atomic E-state index is 9.56. The van der Waals surface area contributed by atoms with Gasteiger partial charge in [-0.1, -0.05) is 40.9 Å².